The summed E-state index contributed by atoms with van der Waals surface area (Å²) in [5.41, 5.74) is 2.05. The number of carbonyl (C=O) groups excluding carboxylic acids is 1. The van der Waals surface area contributed by atoms with Crippen LogP contribution in [-0.4, -0.2) is 11.0 Å². The maximum Gasteiger partial charge on any atom is 0.265 e. The molecule has 0 radical (unpaired) electrons. The number of aromatic hydroxyl groups is 1. The fourth-order valence-electron chi connectivity index (χ4n) is 2.10. The van der Waals surface area contributed by atoms with E-state index >= 15 is 0 Å². The zero-order valence-corrected chi connectivity index (χ0v) is 12.8. The Kier molecular flexibility index (Phi) is 4.09. The number of thiophene rings is 1. The molecule has 0 bridgehead atoms. The lowest BCUT2D eigenvalue weighted by Gasteiger charge is -2.03. The second-order valence-corrected chi connectivity index (χ2v) is 5.94. The van der Waals surface area contributed by atoms with Crippen molar-refractivity contribution in [1.29, 1.82) is 5.26 Å². The van der Waals surface area contributed by atoms with Gasteiger partial charge in [0.15, 0.2) is 0 Å². The lowest BCUT2D eigenvalue weighted by Crippen LogP contribution is -2.09. The summed E-state index contributed by atoms with van der Waals surface area (Å²) in [5, 5.41) is 21.1. The topological polar surface area (TPSA) is 73.1 Å². The summed E-state index contributed by atoms with van der Waals surface area (Å²) in [6, 6.07) is 19.3. The van der Waals surface area contributed by atoms with Crippen molar-refractivity contribution in [2.75, 3.05) is 5.32 Å². The van der Waals surface area contributed by atoms with Crippen molar-refractivity contribution in [1.82, 2.24) is 0 Å². The number of nitrogens with one attached hydrogen (secondary N) is 1. The van der Waals surface area contributed by atoms with Crippen LogP contribution in [0.4, 0.5) is 5.69 Å². The molecule has 0 aliphatic heterocycles. The molecule has 23 heavy (non-hydrogen) atoms. The Morgan fingerprint density at radius 3 is 2.57 bits per heavy atom. The van der Waals surface area contributed by atoms with Gasteiger partial charge in [0.05, 0.1) is 16.5 Å². The number of hydrogen-bond acceptors (Lipinski definition) is 4. The van der Waals surface area contributed by atoms with Crippen LogP contribution in [0.5, 0.6) is 5.75 Å². The normalized spacial score (nSPS) is 10.0. The van der Waals surface area contributed by atoms with E-state index in [2.05, 4.69) is 5.32 Å². The highest BCUT2D eigenvalue weighted by molar-refractivity contribution is 7.17. The molecule has 5 heteroatoms. The molecular weight excluding hydrogens is 308 g/mol. The summed E-state index contributed by atoms with van der Waals surface area (Å²) >= 11 is 1.35. The molecule has 0 aliphatic carbocycles. The van der Waals surface area contributed by atoms with Crippen LogP contribution >= 0.6 is 11.3 Å². The Bertz CT molecular complexity index is 892. The van der Waals surface area contributed by atoms with Gasteiger partial charge in [0.1, 0.15) is 5.75 Å². The van der Waals surface area contributed by atoms with Gasteiger partial charge in [-0.1, -0.05) is 12.1 Å². The monoisotopic (exact) mass is 320 g/mol. The van der Waals surface area contributed by atoms with Crippen molar-refractivity contribution >= 4 is 22.9 Å². The van der Waals surface area contributed by atoms with Crippen molar-refractivity contribution in [3.63, 3.8) is 0 Å². The number of phenolic OH excluding ortho intramolecular Hbond substituents is 1. The number of benzene rings is 2. The van der Waals surface area contributed by atoms with Crippen LogP contribution in [0.25, 0.3) is 10.4 Å². The van der Waals surface area contributed by atoms with E-state index in [9.17, 15) is 9.90 Å². The second-order valence-electron chi connectivity index (χ2n) is 4.86. The number of nitriles is 1. The van der Waals surface area contributed by atoms with Crippen molar-refractivity contribution in [3.8, 4) is 22.3 Å². The van der Waals surface area contributed by atoms with E-state index in [1.807, 2.05) is 18.2 Å². The number of rotatable bonds is 3. The van der Waals surface area contributed by atoms with Crippen LogP contribution in [0.2, 0.25) is 0 Å². The summed E-state index contributed by atoms with van der Waals surface area (Å²) in [6.45, 7) is 0. The molecule has 2 aromatic carbocycles. The molecule has 1 heterocycles. The maximum absolute atomic E-state index is 12.3. The van der Waals surface area contributed by atoms with Gasteiger partial charge in [0.2, 0.25) is 0 Å². The number of amides is 1. The van der Waals surface area contributed by atoms with Crippen LogP contribution in [-0.2, 0) is 0 Å². The minimum Gasteiger partial charge on any atom is -0.508 e. The zero-order chi connectivity index (χ0) is 16.2. The van der Waals surface area contributed by atoms with Crippen LogP contribution in [0.15, 0.2) is 60.7 Å². The number of anilines is 1. The molecule has 3 rings (SSSR count). The highest BCUT2D eigenvalue weighted by atomic mass is 32.1. The molecule has 0 saturated heterocycles. The first-order valence-corrected chi connectivity index (χ1v) is 7.68. The van der Waals surface area contributed by atoms with Crippen LogP contribution in [0, 0.1) is 11.3 Å². The number of carbonyl (C=O) groups is 1. The smallest absolute Gasteiger partial charge is 0.265 e. The highest BCUT2D eigenvalue weighted by Gasteiger charge is 2.11. The number of nitrogens with zero attached hydrogens (tertiary/aromatic N) is 1. The van der Waals surface area contributed by atoms with E-state index in [4.69, 9.17) is 5.26 Å². The van der Waals surface area contributed by atoms with Gasteiger partial charge in [-0.2, -0.15) is 5.26 Å². The van der Waals surface area contributed by atoms with E-state index in [0.29, 0.717) is 16.1 Å². The van der Waals surface area contributed by atoms with Gasteiger partial charge in [-0.25, -0.2) is 0 Å². The highest BCUT2D eigenvalue weighted by Crippen LogP contribution is 2.30. The molecule has 4 nitrogen and oxygen atoms in total. The van der Waals surface area contributed by atoms with E-state index in [0.717, 1.165) is 10.4 Å². The average molecular weight is 320 g/mol. The van der Waals surface area contributed by atoms with Gasteiger partial charge in [-0.05, 0) is 54.1 Å². The first-order chi connectivity index (χ1) is 11.2. The third kappa shape index (κ3) is 3.39. The molecule has 0 atom stereocenters. The Labute approximate surface area is 137 Å². The fraction of sp³-hybridized carbons (Fsp3) is 0. The Morgan fingerprint density at radius 2 is 1.87 bits per heavy atom. The summed E-state index contributed by atoms with van der Waals surface area (Å²) in [4.78, 5) is 13.7. The quantitative estimate of drug-likeness (QED) is 0.758. The number of phenols is 1. The van der Waals surface area contributed by atoms with Crippen molar-refractivity contribution in [2.45, 2.75) is 0 Å². The van der Waals surface area contributed by atoms with Gasteiger partial charge >= 0.3 is 0 Å². The third-order valence-electron chi connectivity index (χ3n) is 3.23. The molecule has 1 amide bonds. The standard InChI is InChI=1S/C18H12N2O2S/c19-11-12-4-6-14(7-5-12)20-18(22)17-9-8-16(23-17)13-2-1-3-15(21)10-13/h1-10,21H,(H,20,22). The van der Waals surface area contributed by atoms with E-state index in [-0.39, 0.29) is 11.7 Å². The van der Waals surface area contributed by atoms with E-state index in [1.165, 1.54) is 11.3 Å². The van der Waals surface area contributed by atoms with E-state index in [1.54, 1.807) is 48.5 Å². The molecule has 0 spiro atoms. The lowest BCUT2D eigenvalue weighted by atomic mass is 10.2. The lowest BCUT2D eigenvalue weighted by molar-refractivity contribution is 0.103. The molecule has 1 aromatic heterocycles. The summed E-state index contributed by atoms with van der Waals surface area (Å²) in [7, 11) is 0. The first kappa shape index (κ1) is 14.8. The molecular formula is C18H12N2O2S. The second kappa shape index (κ2) is 6.34. The maximum atomic E-state index is 12.3. The fourth-order valence-corrected chi connectivity index (χ4v) is 2.99. The van der Waals surface area contributed by atoms with Crippen LogP contribution in [0.3, 0.4) is 0 Å². The largest absolute Gasteiger partial charge is 0.508 e. The Morgan fingerprint density at radius 1 is 1.09 bits per heavy atom. The predicted octanol–water partition coefficient (Wildman–Crippen LogP) is 4.24. The molecule has 2 N–H and O–H groups in total. The summed E-state index contributed by atoms with van der Waals surface area (Å²) in [5.74, 6) is -0.00871. The molecule has 0 unspecified atom stereocenters. The number of hydrogen-bond donors (Lipinski definition) is 2. The van der Waals surface area contributed by atoms with Crippen LogP contribution < -0.4 is 5.32 Å². The molecule has 0 aliphatic rings. The molecule has 0 saturated carbocycles. The summed E-state index contributed by atoms with van der Waals surface area (Å²) in [6.07, 6.45) is 0. The van der Waals surface area contributed by atoms with Gasteiger partial charge in [-0.15, -0.1) is 11.3 Å². The zero-order valence-electron chi connectivity index (χ0n) is 12.0. The van der Waals surface area contributed by atoms with Gasteiger partial charge in [0, 0.05) is 10.6 Å². The van der Waals surface area contributed by atoms with Crippen LogP contribution in [0.1, 0.15) is 15.2 Å². The molecule has 0 fully saturated rings. The first-order valence-electron chi connectivity index (χ1n) is 6.86. The minimum absolute atomic E-state index is 0.194. The van der Waals surface area contributed by atoms with Gasteiger partial charge in [-0.3, -0.25) is 4.79 Å². The Hall–Kier alpha value is -3.10. The average Bonchev–Trinajstić information content (AvgIpc) is 3.06. The van der Waals surface area contributed by atoms with Gasteiger partial charge in [0.25, 0.3) is 5.91 Å². The van der Waals surface area contributed by atoms with Crippen molar-refractivity contribution < 1.29 is 9.90 Å². The molecule has 3 aromatic rings. The van der Waals surface area contributed by atoms with Gasteiger partial charge < -0.3 is 10.4 Å². The predicted molar refractivity (Wildman–Crippen MR) is 90.5 cm³/mol. The molecule has 112 valence electrons. The van der Waals surface area contributed by atoms with Crippen molar-refractivity contribution in [2.24, 2.45) is 0 Å². The summed E-state index contributed by atoms with van der Waals surface area (Å²) < 4.78 is 0. The SMILES string of the molecule is N#Cc1ccc(NC(=O)c2ccc(-c3cccc(O)c3)s2)cc1. The van der Waals surface area contributed by atoms with Crippen molar-refractivity contribution in [3.05, 3.63) is 71.1 Å². The minimum atomic E-state index is -0.203. The third-order valence-corrected chi connectivity index (χ3v) is 4.37. The van der Waals surface area contributed by atoms with E-state index < -0.39 is 0 Å². The Balaban J connectivity index is 1.77.